The van der Waals surface area contributed by atoms with E-state index in [0.29, 0.717) is 0 Å². The summed E-state index contributed by atoms with van der Waals surface area (Å²) in [6, 6.07) is 0. The molecule has 0 amide bonds. The molecule has 0 fully saturated rings. The van der Waals surface area contributed by atoms with E-state index < -0.39 is 6.36 Å². The fraction of sp³-hybridized carbons (Fsp3) is 1.00. The highest BCUT2D eigenvalue weighted by molar-refractivity contribution is 6.17. The first-order valence-corrected chi connectivity index (χ1v) is 2.19. The molecule has 0 aromatic carbocycles. The van der Waals surface area contributed by atoms with E-state index in [-0.39, 0.29) is 17.8 Å². The van der Waals surface area contributed by atoms with Gasteiger partial charge in [-0.15, -0.1) is 11.6 Å². The predicted octanol–water partition coefficient (Wildman–Crippen LogP) is 0.0785. The van der Waals surface area contributed by atoms with Crippen LogP contribution in [-0.2, 0) is 0 Å². The first-order chi connectivity index (χ1) is 2.77. The average Bonchev–Trinajstić information content (AvgIpc) is 1.35. The number of halogens is 2. The largest absolute Gasteiger partial charge is 0.412 e. The zero-order chi connectivity index (χ0) is 4.99. The lowest BCUT2D eigenvalue weighted by Gasteiger charge is -1.90. The van der Waals surface area contributed by atoms with E-state index in [1.54, 1.807) is 0 Å². The normalized spacial score (nSPS) is 12.4. The summed E-state index contributed by atoms with van der Waals surface area (Å²) in [7, 11) is 0. The van der Waals surface area contributed by atoms with Crippen molar-refractivity contribution in [3.63, 3.8) is 0 Å². The van der Waals surface area contributed by atoms with Gasteiger partial charge in [-0.05, 0) is 0 Å². The molecule has 0 aliphatic heterocycles. The Bertz CT molecular complexity index is 34.1. The van der Waals surface area contributed by atoms with Crippen LogP contribution >= 0.6 is 11.6 Å². The van der Waals surface area contributed by atoms with Crippen LogP contribution in [0.1, 0.15) is 6.42 Å². The SMILES string of the molecule is O.OC(F)CCCl. The Labute approximate surface area is 46.2 Å². The van der Waals surface area contributed by atoms with Crippen LogP contribution in [-0.4, -0.2) is 22.8 Å². The molecule has 0 radical (unpaired) electrons. The molecule has 7 heavy (non-hydrogen) atoms. The molecule has 3 N–H and O–H groups in total. The Morgan fingerprint density at radius 3 is 2.14 bits per heavy atom. The molecule has 0 aliphatic carbocycles. The minimum Gasteiger partial charge on any atom is -0.412 e. The van der Waals surface area contributed by atoms with Crippen molar-refractivity contribution in [1.29, 1.82) is 0 Å². The van der Waals surface area contributed by atoms with Crippen LogP contribution in [0, 0.1) is 0 Å². The molecular weight excluding hydrogens is 122 g/mol. The Balaban J connectivity index is 0. The molecule has 1 atom stereocenters. The Morgan fingerprint density at radius 1 is 1.71 bits per heavy atom. The van der Waals surface area contributed by atoms with Crippen molar-refractivity contribution in [1.82, 2.24) is 0 Å². The summed E-state index contributed by atoms with van der Waals surface area (Å²) >= 11 is 5.00. The molecule has 2 nitrogen and oxygen atoms in total. The zero-order valence-corrected chi connectivity index (χ0v) is 4.45. The Morgan fingerprint density at radius 2 is 2.14 bits per heavy atom. The summed E-state index contributed by atoms with van der Waals surface area (Å²) in [5, 5.41) is 7.80. The van der Waals surface area contributed by atoms with E-state index in [2.05, 4.69) is 0 Å². The number of hydrogen-bond donors (Lipinski definition) is 1. The summed E-state index contributed by atoms with van der Waals surface area (Å²) in [5.41, 5.74) is 0. The summed E-state index contributed by atoms with van der Waals surface area (Å²) in [4.78, 5) is 0. The van der Waals surface area contributed by atoms with Gasteiger partial charge in [0.1, 0.15) is 0 Å². The fourth-order valence-electron chi connectivity index (χ4n) is 0.0900. The van der Waals surface area contributed by atoms with Crippen molar-refractivity contribution in [3.05, 3.63) is 0 Å². The summed E-state index contributed by atoms with van der Waals surface area (Å²) in [6.45, 7) is 0. The van der Waals surface area contributed by atoms with Gasteiger partial charge in [-0.2, -0.15) is 0 Å². The van der Waals surface area contributed by atoms with Gasteiger partial charge in [0.25, 0.3) is 0 Å². The minimum absolute atomic E-state index is 0. The third-order valence-corrected chi connectivity index (χ3v) is 0.566. The molecule has 0 bridgehead atoms. The number of alkyl halides is 2. The molecule has 0 heterocycles. The second-order valence-electron chi connectivity index (χ2n) is 0.912. The van der Waals surface area contributed by atoms with Crippen molar-refractivity contribution in [2.45, 2.75) is 12.8 Å². The second-order valence-corrected chi connectivity index (χ2v) is 1.29. The van der Waals surface area contributed by atoms with Gasteiger partial charge in [0.2, 0.25) is 0 Å². The number of aliphatic hydroxyl groups excluding tert-OH is 1. The first-order valence-electron chi connectivity index (χ1n) is 1.65. The Hall–Kier alpha value is 0.140. The van der Waals surface area contributed by atoms with E-state index in [4.69, 9.17) is 16.7 Å². The van der Waals surface area contributed by atoms with Crippen LogP contribution in [0.2, 0.25) is 0 Å². The van der Waals surface area contributed by atoms with E-state index in [1.165, 1.54) is 0 Å². The quantitative estimate of drug-likeness (QED) is 0.529. The summed E-state index contributed by atoms with van der Waals surface area (Å²) in [5.74, 6) is 0.178. The van der Waals surface area contributed by atoms with E-state index in [9.17, 15) is 4.39 Å². The monoisotopic (exact) mass is 130 g/mol. The highest BCUT2D eigenvalue weighted by Crippen LogP contribution is 1.92. The van der Waals surface area contributed by atoms with Gasteiger partial charge in [0, 0.05) is 12.3 Å². The maximum absolute atomic E-state index is 11.2. The van der Waals surface area contributed by atoms with Crippen LogP contribution < -0.4 is 0 Å². The predicted molar refractivity (Wildman–Crippen MR) is 26.1 cm³/mol. The maximum atomic E-state index is 11.2. The van der Waals surface area contributed by atoms with Crippen LogP contribution in [0.5, 0.6) is 0 Å². The van der Waals surface area contributed by atoms with Crippen LogP contribution in [0.15, 0.2) is 0 Å². The van der Waals surface area contributed by atoms with E-state index in [1.807, 2.05) is 0 Å². The molecule has 1 unspecified atom stereocenters. The maximum Gasteiger partial charge on any atom is 0.197 e. The summed E-state index contributed by atoms with van der Waals surface area (Å²) < 4.78 is 11.2. The standard InChI is InChI=1S/C3H6ClFO.H2O/c4-2-1-3(5)6;/h3,6H,1-2H2;1H2. The van der Waals surface area contributed by atoms with Crippen molar-refractivity contribution in [2.24, 2.45) is 0 Å². The lowest BCUT2D eigenvalue weighted by atomic mass is 10.5. The zero-order valence-electron chi connectivity index (χ0n) is 3.69. The fourth-order valence-corrected chi connectivity index (χ4v) is 0.270. The Kier molecular flexibility index (Phi) is 8.94. The van der Waals surface area contributed by atoms with E-state index in [0.717, 1.165) is 0 Å². The molecule has 0 aromatic rings. The lowest BCUT2D eigenvalue weighted by Crippen LogP contribution is -1.95. The van der Waals surface area contributed by atoms with Crippen LogP contribution in [0.3, 0.4) is 0 Å². The number of hydrogen-bond acceptors (Lipinski definition) is 1. The van der Waals surface area contributed by atoms with Crippen molar-refractivity contribution in [2.75, 3.05) is 5.88 Å². The van der Waals surface area contributed by atoms with Crippen molar-refractivity contribution >= 4 is 11.6 Å². The van der Waals surface area contributed by atoms with Gasteiger partial charge in [-0.25, -0.2) is 4.39 Å². The topological polar surface area (TPSA) is 51.7 Å². The molecule has 0 aliphatic rings. The van der Waals surface area contributed by atoms with Crippen LogP contribution in [0.4, 0.5) is 4.39 Å². The molecule has 46 valence electrons. The highest BCUT2D eigenvalue weighted by atomic mass is 35.5. The number of rotatable bonds is 2. The molecule has 0 aromatic heterocycles. The molecule has 0 rings (SSSR count). The van der Waals surface area contributed by atoms with Gasteiger partial charge in [0.05, 0.1) is 0 Å². The second kappa shape index (κ2) is 6.14. The minimum atomic E-state index is -1.73. The number of aliphatic hydroxyl groups is 1. The van der Waals surface area contributed by atoms with Crippen molar-refractivity contribution < 1.29 is 15.0 Å². The van der Waals surface area contributed by atoms with Gasteiger partial charge in [-0.3, -0.25) is 0 Å². The molecule has 0 saturated carbocycles. The van der Waals surface area contributed by atoms with E-state index >= 15 is 0 Å². The van der Waals surface area contributed by atoms with Gasteiger partial charge < -0.3 is 10.6 Å². The third-order valence-electron chi connectivity index (χ3n) is 0.347. The molecular formula is C3H8ClFO2. The highest BCUT2D eigenvalue weighted by Gasteiger charge is 1.93. The molecule has 0 spiro atoms. The molecule has 0 saturated heterocycles. The smallest absolute Gasteiger partial charge is 0.197 e. The summed E-state index contributed by atoms with van der Waals surface area (Å²) in [6.07, 6.45) is -1.70. The van der Waals surface area contributed by atoms with Gasteiger partial charge >= 0.3 is 0 Å². The van der Waals surface area contributed by atoms with Gasteiger partial charge in [0.15, 0.2) is 6.36 Å². The molecule has 4 heteroatoms. The van der Waals surface area contributed by atoms with Gasteiger partial charge in [-0.1, -0.05) is 0 Å². The average molecular weight is 131 g/mol. The van der Waals surface area contributed by atoms with Crippen molar-refractivity contribution in [3.8, 4) is 0 Å². The first kappa shape index (κ1) is 10.2. The van der Waals surface area contributed by atoms with Crippen LogP contribution in [0.25, 0.3) is 0 Å². The third kappa shape index (κ3) is 10.7. The lowest BCUT2D eigenvalue weighted by molar-refractivity contribution is 0.0399.